The number of rotatable bonds is 3. The summed E-state index contributed by atoms with van der Waals surface area (Å²) >= 11 is 6.19. The fourth-order valence-electron chi connectivity index (χ4n) is 2.50. The van der Waals surface area contributed by atoms with Crippen molar-refractivity contribution in [3.05, 3.63) is 34.9 Å². The molecule has 0 spiro atoms. The molecule has 1 atom stereocenters. The van der Waals surface area contributed by atoms with Gasteiger partial charge in [-0.25, -0.2) is 0 Å². The van der Waals surface area contributed by atoms with Crippen molar-refractivity contribution in [2.24, 2.45) is 0 Å². The molecule has 110 valence electrons. The Morgan fingerprint density at radius 1 is 1.40 bits per heavy atom. The molecule has 3 nitrogen and oxygen atoms in total. The molecule has 0 aliphatic carbocycles. The van der Waals surface area contributed by atoms with Crippen molar-refractivity contribution in [2.45, 2.75) is 51.8 Å². The van der Waals surface area contributed by atoms with Crippen molar-refractivity contribution in [1.82, 2.24) is 4.90 Å². The third-order valence-electron chi connectivity index (χ3n) is 3.37. The summed E-state index contributed by atoms with van der Waals surface area (Å²) in [7, 11) is 0. The lowest BCUT2D eigenvalue weighted by molar-refractivity contribution is -0.160. The van der Waals surface area contributed by atoms with Crippen LogP contribution in [0.4, 0.5) is 0 Å². The van der Waals surface area contributed by atoms with E-state index in [9.17, 15) is 4.79 Å². The van der Waals surface area contributed by atoms with Gasteiger partial charge in [-0.2, -0.15) is 0 Å². The van der Waals surface area contributed by atoms with Crippen molar-refractivity contribution in [1.29, 1.82) is 0 Å². The van der Waals surface area contributed by atoms with E-state index in [1.54, 1.807) is 0 Å². The molecule has 0 aromatic heterocycles. The maximum atomic E-state index is 12.2. The van der Waals surface area contributed by atoms with Gasteiger partial charge in [-0.05, 0) is 51.8 Å². The molecule has 20 heavy (non-hydrogen) atoms. The lowest BCUT2D eigenvalue weighted by Gasteiger charge is -2.27. The molecule has 2 rings (SSSR count). The number of halogens is 1. The van der Waals surface area contributed by atoms with Gasteiger partial charge in [0.25, 0.3) is 0 Å². The van der Waals surface area contributed by atoms with E-state index >= 15 is 0 Å². The van der Waals surface area contributed by atoms with Crippen LogP contribution in [0, 0.1) is 0 Å². The van der Waals surface area contributed by atoms with E-state index in [1.807, 2.05) is 45.0 Å². The Balaban J connectivity index is 2.04. The molecule has 1 heterocycles. The van der Waals surface area contributed by atoms with Crippen LogP contribution in [0.1, 0.15) is 39.2 Å². The molecule has 1 saturated heterocycles. The van der Waals surface area contributed by atoms with Gasteiger partial charge in [0, 0.05) is 11.6 Å². The molecular formula is C16H22ClNO2. The molecule has 0 bridgehead atoms. The minimum atomic E-state index is -0.435. The van der Waals surface area contributed by atoms with Crippen LogP contribution in [-0.2, 0) is 16.1 Å². The van der Waals surface area contributed by atoms with Gasteiger partial charge in [0.2, 0.25) is 0 Å². The summed E-state index contributed by atoms with van der Waals surface area (Å²) < 4.78 is 5.51. The minimum Gasteiger partial charge on any atom is -0.459 e. The molecule has 0 saturated carbocycles. The summed E-state index contributed by atoms with van der Waals surface area (Å²) in [5.74, 6) is -0.123. The molecule has 0 radical (unpaired) electrons. The number of likely N-dealkylation sites (tertiary alicyclic amines) is 1. The standard InChI is InChI=1S/C16H22ClNO2/c1-16(2,3)20-15(19)14-9-6-10-18(14)11-12-7-4-5-8-13(12)17/h4-5,7-8,14H,6,9-11H2,1-3H3/t14-/m0/s1. The number of nitrogens with zero attached hydrogens (tertiary/aromatic N) is 1. The highest BCUT2D eigenvalue weighted by Gasteiger charge is 2.34. The molecule has 0 N–H and O–H groups in total. The molecular weight excluding hydrogens is 274 g/mol. The van der Waals surface area contributed by atoms with Gasteiger partial charge < -0.3 is 4.74 Å². The topological polar surface area (TPSA) is 29.5 Å². The Morgan fingerprint density at radius 3 is 2.75 bits per heavy atom. The summed E-state index contributed by atoms with van der Waals surface area (Å²) in [6, 6.07) is 7.63. The predicted molar refractivity (Wildman–Crippen MR) is 80.7 cm³/mol. The number of carbonyl (C=O) groups is 1. The second kappa shape index (κ2) is 6.15. The zero-order valence-electron chi connectivity index (χ0n) is 12.4. The van der Waals surface area contributed by atoms with Gasteiger partial charge in [-0.3, -0.25) is 9.69 Å². The van der Waals surface area contributed by atoms with Crippen molar-refractivity contribution in [2.75, 3.05) is 6.54 Å². The Labute approximate surface area is 125 Å². The van der Waals surface area contributed by atoms with Crippen LogP contribution in [0.25, 0.3) is 0 Å². The van der Waals surface area contributed by atoms with Gasteiger partial charge in [0.15, 0.2) is 0 Å². The molecule has 1 aromatic carbocycles. The average molecular weight is 296 g/mol. The summed E-state index contributed by atoms with van der Waals surface area (Å²) in [6.07, 6.45) is 1.88. The number of esters is 1. The van der Waals surface area contributed by atoms with Gasteiger partial charge in [-0.15, -0.1) is 0 Å². The molecule has 1 aliphatic heterocycles. The summed E-state index contributed by atoms with van der Waals surface area (Å²) in [5.41, 5.74) is 0.625. The number of hydrogen-bond acceptors (Lipinski definition) is 3. The first-order chi connectivity index (χ1) is 9.37. The smallest absolute Gasteiger partial charge is 0.323 e. The van der Waals surface area contributed by atoms with Crippen LogP contribution >= 0.6 is 11.6 Å². The highest BCUT2D eigenvalue weighted by molar-refractivity contribution is 6.31. The second-order valence-electron chi connectivity index (χ2n) is 6.25. The second-order valence-corrected chi connectivity index (χ2v) is 6.66. The quantitative estimate of drug-likeness (QED) is 0.797. The maximum absolute atomic E-state index is 12.2. The van der Waals surface area contributed by atoms with Crippen molar-refractivity contribution >= 4 is 17.6 Å². The maximum Gasteiger partial charge on any atom is 0.323 e. The largest absolute Gasteiger partial charge is 0.459 e. The molecule has 1 aliphatic rings. The van der Waals surface area contributed by atoms with Gasteiger partial charge in [0.05, 0.1) is 0 Å². The summed E-state index contributed by atoms with van der Waals surface area (Å²) in [5, 5.41) is 0.752. The number of ether oxygens (including phenoxy) is 1. The lowest BCUT2D eigenvalue weighted by Crippen LogP contribution is -2.40. The first-order valence-corrected chi connectivity index (χ1v) is 7.45. The van der Waals surface area contributed by atoms with Crippen molar-refractivity contribution in [3.63, 3.8) is 0 Å². The average Bonchev–Trinajstić information content (AvgIpc) is 2.78. The first kappa shape index (κ1) is 15.3. The van der Waals surface area contributed by atoms with Crippen LogP contribution in [0.15, 0.2) is 24.3 Å². The number of carbonyl (C=O) groups excluding carboxylic acids is 1. The Kier molecular flexibility index (Phi) is 4.71. The van der Waals surface area contributed by atoms with Gasteiger partial charge in [0.1, 0.15) is 11.6 Å². The monoisotopic (exact) mass is 295 g/mol. The normalized spacial score (nSPS) is 20.1. The molecule has 1 aromatic rings. The fraction of sp³-hybridized carbons (Fsp3) is 0.562. The van der Waals surface area contributed by atoms with Crippen LogP contribution in [0.2, 0.25) is 5.02 Å². The number of hydrogen-bond donors (Lipinski definition) is 0. The molecule has 4 heteroatoms. The van der Waals surface area contributed by atoms with Crippen LogP contribution in [-0.4, -0.2) is 29.1 Å². The van der Waals surface area contributed by atoms with E-state index in [0.717, 1.165) is 30.0 Å². The zero-order chi connectivity index (χ0) is 14.8. The van der Waals surface area contributed by atoms with Crippen LogP contribution in [0.5, 0.6) is 0 Å². The van der Waals surface area contributed by atoms with Crippen molar-refractivity contribution in [3.8, 4) is 0 Å². The van der Waals surface area contributed by atoms with Crippen LogP contribution < -0.4 is 0 Å². The Morgan fingerprint density at radius 2 is 2.10 bits per heavy atom. The summed E-state index contributed by atoms with van der Waals surface area (Å²) in [4.78, 5) is 14.4. The van der Waals surface area contributed by atoms with Crippen molar-refractivity contribution < 1.29 is 9.53 Å². The fourth-order valence-corrected chi connectivity index (χ4v) is 2.69. The molecule has 0 unspecified atom stereocenters. The SMILES string of the molecule is CC(C)(C)OC(=O)[C@@H]1CCCN1Cc1ccccc1Cl. The highest BCUT2D eigenvalue weighted by Crippen LogP contribution is 2.25. The predicted octanol–water partition coefficient (Wildman–Crippen LogP) is 3.65. The van der Waals surface area contributed by atoms with E-state index < -0.39 is 5.60 Å². The summed E-state index contributed by atoms with van der Waals surface area (Å²) in [6.45, 7) is 7.31. The first-order valence-electron chi connectivity index (χ1n) is 7.07. The molecule has 0 amide bonds. The lowest BCUT2D eigenvalue weighted by atomic mass is 10.1. The highest BCUT2D eigenvalue weighted by atomic mass is 35.5. The Hall–Kier alpha value is -1.06. The zero-order valence-corrected chi connectivity index (χ0v) is 13.1. The Bertz CT molecular complexity index is 482. The molecule has 1 fully saturated rings. The van der Waals surface area contributed by atoms with E-state index in [2.05, 4.69) is 4.90 Å². The minimum absolute atomic E-state index is 0.123. The van der Waals surface area contributed by atoms with E-state index in [-0.39, 0.29) is 12.0 Å². The van der Waals surface area contributed by atoms with E-state index in [4.69, 9.17) is 16.3 Å². The third kappa shape index (κ3) is 3.97. The van der Waals surface area contributed by atoms with Gasteiger partial charge >= 0.3 is 5.97 Å². The van der Waals surface area contributed by atoms with Crippen LogP contribution in [0.3, 0.4) is 0 Å². The van der Waals surface area contributed by atoms with E-state index in [0.29, 0.717) is 6.54 Å². The van der Waals surface area contributed by atoms with Gasteiger partial charge in [-0.1, -0.05) is 29.8 Å². The van der Waals surface area contributed by atoms with E-state index in [1.165, 1.54) is 0 Å². The number of benzene rings is 1. The third-order valence-corrected chi connectivity index (χ3v) is 3.74.